The molecule has 0 radical (unpaired) electrons. The molecule has 2 unspecified atom stereocenters. The molecule has 0 spiro atoms. The maximum absolute atomic E-state index is 11.7. The number of hydrogen-bond donors (Lipinski definition) is 3. The van der Waals surface area contributed by atoms with Crippen molar-refractivity contribution in [2.75, 3.05) is 6.54 Å². The average molecular weight is 256 g/mol. The first-order valence-corrected chi connectivity index (χ1v) is 6.57. The molecule has 18 heavy (non-hydrogen) atoms. The van der Waals surface area contributed by atoms with Gasteiger partial charge in [-0.15, -0.1) is 0 Å². The molecule has 1 amide bonds. The molecule has 0 aromatic rings. The Labute approximate surface area is 108 Å². The van der Waals surface area contributed by atoms with Crippen LogP contribution in [0.5, 0.6) is 0 Å². The fourth-order valence-electron chi connectivity index (χ4n) is 2.26. The molecule has 1 aliphatic rings. The lowest BCUT2D eigenvalue weighted by Crippen LogP contribution is -2.43. The van der Waals surface area contributed by atoms with E-state index < -0.39 is 11.9 Å². The van der Waals surface area contributed by atoms with Crippen LogP contribution in [0.1, 0.15) is 46.5 Å². The minimum absolute atomic E-state index is 0.00274. The summed E-state index contributed by atoms with van der Waals surface area (Å²) in [7, 11) is 0. The number of hydrogen-bond acceptors (Lipinski definition) is 3. The van der Waals surface area contributed by atoms with Crippen LogP contribution in [0.4, 0.5) is 0 Å². The lowest BCUT2D eigenvalue weighted by molar-refractivity contribution is -0.142. The Morgan fingerprint density at radius 1 is 1.28 bits per heavy atom. The Bertz CT molecular complexity index is 310. The molecule has 1 saturated carbocycles. The standard InChI is InChI=1S/C13H24N2O3/c1-13(2,3)14-8-7-11(16)15-10-6-4-5-9(10)12(17)18/h9-10,14H,4-8H2,1-3H3,(H,15,16)(H,17,18). The summed E-state index contributed by atoms with van der Waals surface area (Å²) in [4.78, 5) is 22.7. The van der Waals surface area contributed by atoms with E-state index in [9.17, 15) is 9.59 Å². The second-order valence-corrected chi connectivity index (χ2v) is 5.98. The van der Waals surface area contributed by atoms with Crippen LogP contribution in [0.15, 0.2) is 0 Å². The Balaban J connectivity index is 2.29. The third-order valence-electron chi connectivity index (χ3n) is 3.19. The van der Waals surface area contributed by atoms with E-state index in [1.807, 2.05) is 20.8 Å². The van der Waals surface area contributed by atoms with Gasteiger partial charge in [0.05, 0.1) is 5.92 Å². The van der Waals surface area contributed by atoms with Gasteiger partial charge < -0.3 is 15.7 Å². The number of rotatable bonds is 5. The normalized spacial score (nSPS) is 23.9. The Hall–Kier alpha value is -1.10. The lowest BCUT2D eigenvalue weighted by atomic mass is 10.0. The quantitative estimate of drug-likeness (QED) is 0.689. The fourth-order valence-corrected chi connectivity index (χ4v) is 2.26. The first kappa shape index (κ1) is 15.0. The molecule has 0 aromatic heterocycles. The zero-order valence-electron chi connectivity index (χ0n) is 11.5. The summed E-state index contributed by atoms with van der Waals surface area (Å²) in [5, 5.41) is 15.1. The van der Waals surface area contributed by atoms with Crippen molar-refractivity contribution >= 4 is 11.9 Å². The summed E-state index contributed by atoms with van der Waals surface area (Å²) >= 11 is 0. The van der Waals surface area contributed by atoms with Gasteiger partial charge in [-0.3, -0.25) is 9.59 Å². The van der Waals surface area contributed by atoms with Gasteiger partial charge in [0.25, 0.3) is 0 Å². The zero-order valence-corrected chi connectivity index (χ0v) is 11.5. The zero-order chi connectivity index (χ0) is 13.8. The van der Waals surface area contributed by atoms with E-state index in [4.69, 9.17) is 5.11 Å². The summed E-state index contributed by atoms with van der Waals surface area (Å²) < 4.78 is 0. The molecule has 5 heteroatoms. The minimum Gasteiger partial charge on any atom is -0.481 e. The summed E-state index contributed by atoms with van der Waals surface area (Å²) in [5.74, 6) is -1.28. The van der Waals surface area contributed by atoms with Crippen molar-refractivity contribution in [3.05, 3.63) is 0 Å². The average Bonchev–Trinajstić information content (AvgIpc) is 2.63. The number of amides is 1. The summed E-state index contributed by atoms with van der Waals surface area (Å²) in [6.07, 6.45) is 2.71. The van der Waals surface area contributed by atoms with E-state index in [0.717, 1.165) is 12.8 Å². The molecular formula is C13H24N2O3. The SMILES string of the molecule is CC(C)(C)NCCC(=O)NC1CCCC1C(=O)O. The van der Waals surface area contributed by atoms with Gasteiger partial charge in [0, 0.05) is 24.5 Å². The molecular weight excluding hydrogens is 232 g/mol. The molecule has 1 fully saturated rings. The molecule has 0 heterocycles. The monoisotopic (exact) mass is 256 g/mol. The van der Waals surface area contributed by atoms with E-state index in [2.05, 4.69) is 10.6 Å². The number of carbonyl (C=O) groups excluding carboxylic acids is 1. The van der Waals surface area contributed by atoms with E-state index in [-0.39, 0.29) is 17.5 Å². The van der Waals surface area contributed by atoms with Gasteiger partial charge in [0.15, 0.2) is 0 Å². The number of carboxylic acids is 1. The predicted molar refractivity (Wildman–Crippen MR) is 69.3 cm³/mol. The first-order chi connectivity index (χ1) is 8.29. The highest BCUT2D eigenvalue weighted by atomic mass is 16.4. The first-order valence-electron chi connectivity index (χ1n) is 6.57. The number of carboxylic acid groups (broad SMARTS) is 1. The van der Waals surface area contributed by atoms with Crippen LogP contribution in [-0.2, 0) is 9.59 Å². The second kappa shape index (κ2) is 6.18. The Morgan fingerprint density at radius 3 is 2.50 bits per heavy atom. The van der Waals surface area contributed by atoms with Crippen molar-refractivity contribution in [3.63, 3.8) is 0 Å². The van der Waals surface area contributed by atoms with Crippen LogP contribution >= 0.6 is 0 Å². The van der Waals surface area contributed by atoms with Crippen LogP contribution < -0.4 is 10.6 Å². The van der Waals surface area contributed by atoms with Crippen molar-refractivity contribution in [2.45, 2.75) is 58.0 Å². The highest BCUT2D eigenvalue weighted by molar-refractivity contribution is 5.78. The second-order valence-electron chi connectivity index (χ2n) is 5.98. The molecule has 0 aliphatic heterocycles. The van der Waals surface area contributed by atoms with Crippen LogP contribution in [0.25, 0.3) is 0 Å². The van der Waals surface area contributed by atoms with E-state index in [0.29, 0.717) is 19.4 Å². The highest BCUT2D eigenvalue weighted by Gasteiger charge is 2.33. The van der Waals surface area contributed by atoms with E-state index in [1.165, 1.54) is 0 Å². The van der Waals surface area contributed by atoms with Gasteiger partial charge in [-0.1, -0.05) is 6.42 Å². The smallest absolute Gasteiger partial charge is 0.308 e. The minimum atomic E-state index is -0.800. The molecule has 0 bridgehead atoms. The van der Waals surface area contributed by atoms with Crippen molar-refractivity contribution in [3.8, 4) is 0 Å². The molecule has 5 nitrogen and oxygen atoms in total. The maximum Gasteiger partial charge on any atom is 0.308 e. The number of nitrogens with one attached hydrogen (secondary N) is 2. The van der Waals surface area contributed by atoms with Gasteiger partial charge in [-0.05, 0) is 33.6 Å². The molecule has 0 aromatic carbocycles. The van der Waals surface area contributed by atoms with Crippen molar-refractivity contribution in [1.29, 1.82) is 0 Å². The predicted octanol–water partition coefficient (Wildman–Crippen LogP) is 1.13. The van der Waals surface area contributed by atoms with Crippen molar-refractivity contribution in [1.82, 2.24) is 10.6 Å². The van der Waals surface area contributed by atoms with Gasteiger partial charge in [0.1, 0.15) is 0 Å². The van der Waals surface area contributed by atoms with Crippen LogP contribution in [-0.4, -0.2) is 35.1 Å². The molecule has 1 rings (SSSR count). The summed E-state index contributed by atoms with van der Waals surface area (Å²) in [6.45, 7) is 6.74. The maximum atomic E-state index is 11.7. The molecule has 0 saturated heterocycles. The van der Waals surface area contributed by atoms with Crippen molar-refractivity contribution in [2.24, 2.45) is 5.92 Å². The summed E-state index contributed by atoms with van der Waals surface area (Å²) in [5.41, 5.74) is -0.00274. The van der Waals surface area contributed by atoms with E-state index in [1.54, 1.807) is 0 Å². The third-order valence-corrected chi connectivity index (χ3v) is 3.19. The molecule has 104 valence electrons. The summed E-state index contributed by atoms with van der Waals surface area (Å²) in [6, 6.07) is -0.190. The highest BCUT2D eigenvalue weighted by Crippen LogP contribution is 2.25. The van der Waals surface area contributed by atoms with Gasteiger partial charge >= 0.3 is 5.97 Å². The Morgan fingerprint density at radius 2 is 1.94 bits per heavy atom. The number of carbonyl (C=O) groups is 2. The molecule has 3 N–H and O–H groups in total. The Kier molecular flexibility index (Phi) is 5.14. The van der Waals surface area contributed by atoms with Crippen LogP contribution in [0.2, 0.25) is 0 Å². The van der Waals surface area contributed by atoms with Gasteiger partial charge in [-0.2, -0.15) is 0 Å². The molecule has 1 aliphatic carbocycles. The fraction of sp³-hybridized carbons (Fsp3) is 0.846. The van der Waals surface area contributed by atoms with Gasteiger partial charge in [0.2, 0.25) is 5.91 Å². The van der Waals surface area contributed by atoms with E-state index >= 15 is 0 Å². The molecule has 2 atom stereocenters. The topological polar surface area (TPSA) is 78.4 Å². The largest absolute Gasteiger partial charge is 0.481 e. The van der Waals surface area contributed by atoms with Gasteiger partial charge in [-0.25, -0.2) is 0 Å². The van der Waals surface area contributed by atoms with Crippen LogP contribution in [0, 0.1) is 5.92 Å². The lowest BCUT2D eigenvalue weighted by Gasteiger charge is -2.21. The van der Waals surface area contributed by atoms with Crippen molar-refractivity contribution < 1.29 is 14.7 Å². The number of aliphatic carboxylic acids is 1. The van der Waals surface area contributed by atoms with Crippen LogP contribution in [0.3, 0.4) is 0 Å². The third kappa shape index (κ3) is 5.04.